The average molecular weight is 671 g/mol. The summed E-state index contributed by atoms with van der Waals surface area (Å²) >= 11 is 0. The van der Waals surface area contributed by atoms with Gasteiger partial charge in [0.15, 0.2) is 0 Å². The van der Waals surface area contributed by atoms with E-state index >= 15 is 0 Å². The molecule has 1 aliphatic rings. The van der Waals surface area contributed by atoms with E-state index in [1.54, 1.807) is 47.1 Å². The Kier molecular flexibility index (Phi) is 29.2. The first-order valence-corrected chi connectivity index (χ1v) is 16.3. The summed E-state index contributed by atoms with van der Waals surface area (Å²) in [5, 5.41) is 14.9. The lowest BCUT2D eigenvalue weighted by Gasteiger charge is -2.31. The van der Waals surface area contributed by atoms with E-state index in [0.717, 1.165) is 64.9 Å². The van der Waals surface area contributed by atoms with Crippen LogP contribution in [0, 0.1) is 0 Å². The maximum absolute atomic E-state index is 12.3. The van der Waals surface area contributed by atoms with Gasteiger partial charge in [-0.15, -0.1) is 0 Å². The largest absolute Gasteiger partial charge is 0.483 e. The van der Waals surface area contributed by atoms with E-state index < -0.39 is 11.6 Å². The second-order valence-electron chi connectivity index (χ2n) is 13.1. The number of Topliss-reactive ketones (excluding diaryl/α,β-unsaturated/α-hetero) is 1. The van der Waals surface area contributed by atoms with Crippen molar-refractivity contribution in [2.24, 2.45) is 4.99 Å². The van der Waals surface area contributed by atoms with Crippen LogP contribution in [0.5, 0.6) is 0 Å². The number of aldehydes is 1. The molecule has 274 valence electrons. The molecule has 2 N–H and O–H groups in total. The van der Waals surface area contributed by atoms with Crippen LogP contribution in [0.4, 0.5) is 0 Å². The maximum Gasteiger partial charge on any atom is 0.356 e. The van der Waals surface area contributed by atoms with E-state index in [0.29, 0.717) is 6.54 Å². The third kappa shape index (κ3) is 31.6. The molecule has 12 nitrogen and oxygen atoms in total. The fraction of sp³-hybridized carbons (Fsp3) is 0.743. The molecule has 0 aliphatic carbocycles. The first kappa shape index (κ1) is 48.6. The Labute approximate surface area is 284 Å². The van der Waals surface area contributed by atoms with Crippen LogP contribution in [0.1, 0.15) is 82.1 Å². The quantitative estimate of drug-likeness (QED) is 0.143. The summed E-state index contributed by atoms with van der Waals surface area (Å²) in [7, 11) is 3.28. The van der Waals surface area contributed by atoms with Crippen LogP contribution in [-0.4, -0.2) is 145 Å². The van der Waals surface area contributed by atoms with Crippen molar-refractivity contribution >= 4 is 30.2 Å². The molecule has 1 saturated heterocycles. The van der Waals surface area contributed by atoms with Gasteiger partial charge in [0.1, 0.15) is 23.4 Å². The highest BCUT2D eigenvalue weighted by Crippen LogP contribution is 2.11. The molecule has 0 saturated carbocycles. The zero-order valence-corrected chi connectivity index (χ0v) is 31.3. The standard InChI is InChI=1S/C26H44N4O4.C5H12O.C3H8O.CH2O2/c1-7-11-24(22(2)32)30-18-16-28(14-15-29(17-19-30)20-21-31)13-10-8-9-12-23(27-6)25(33)34-26(3,4)5;1-5(2,3)6-4;1-3(2)4;2-1-3/h8-10,12,21,24H,7,11,13-20H2,1-6H3;1-4H3;3-4H,1-2H3;1H,(H,2,3)/b10-8+,12-9-,27-23?;;;. The topological polar surface area (TPSA) is 149 Å². The first-order valence-electron chi connectivity index (χ1n) is 16.3. The van der Waals surface area contributed by atoms with Gasteiger partial charge in [-0.3, -0.25) is 29.3 Å². The van der Waals surface area contributed by atoms with Gasteiger partial charge < -0.3 is 24.5 Å². The van der Waals surface area contributed by atoms with Gasteiger partial charge in [-0.2, -0.15) is 0 Å². The monoisotopic (exact) mass is 670 g/mol. The molecule has 0 radical (unpaired) electrons. The molecular formula is C35H66N4O8. The number of carbonyl (C=O) groups excluding carboxylic acids is 3. The summed E-state index contributed by atoms with van der Waals surface area (Å²) in [5.41, 5.74) is -0.251. The van der Waals surface area contributed by atoms with Gasteiger partial charge >= 0.3 is 5.97 Å². The summed E-state index contributed by atoms with van der Waals surface area (Å²) in [6.45, 7) is 24.5. The highest BCUT2D eigenvalue weighted by atomic mass is 16.6. The minimum atomic E-state index is -0.564. The molecule has 1 fully saturated rings. The smallest absolute Gasteiger partial charge is 0.356 e. The molecule has 47 heavy (non-hydrogen) atoms. The van der Waals surface area contributed by atoms with E-state index in [2.05, 4.69) is 26.6 Å². The average Bonchev–Trinajstić information content (AvgIpc) is 3.04. The van der Waals surface area contributed by atoms with Gasteiger partial charge in [0, 0.05) is 66.1 Å². The zero-order valence-electron chi connectivity index (χ0n) is 31.3. The van der Waals surface area contributed by atoms with Gasteiger partial charge in [0.05, 0.1) is 18.2 Å². The van der Waals surface area contributed by atoms with Crippen molar-refractivity contribution < 1.29 is 38.9 Å². The Balaban J connectivity index is -0.00000126. The van der Waals surface area contributed by atoms with Crippen molar-refractivity contribution in [3.05, 3.63) is 24.3 Å². The van der Waals surface area contributed by atoms with Gasteiger partial charge in [0.2, 0.25) is 0 Å². The van der Waals surface area contributed by atoms with Crippen molar-refractivity contribution in [1.29, 1.82) is 0 Å². The lowest BCUT2D eigenvalue weighted by Crippen LogP contribution is -2.46. The third-order valence-corrected chi connectivity index (χ3v) is 6.27. The third-order valence-electron chi connectivity index (χ3n) is 6.27. The predicted octanol–water partition coefficient (Wildman–Crippen LogP) is 3.91. The maximum atomic E-state index is 12.3. The number of aliphatic hydroxyl groups excluding tert-OH is 1. The summed E-state index contributed by atoms with van der Waals surface area (Å²) < 4.78 is 10.3. The van der Waals surface area contributed by atoms with Crippen LogP contribution >= 0.6 is 0 Å². The summed E-state index contributed by atoms with van der Waals surface area (Å²) in [6.07, 6.45) is 9.98. The Bertz CT molecular complexity index is 934. The number of ketones is 1. The minimum Gasteiger partial charge on any atom is -0.483 e. The molecule has 1 unspecified atom stereocenters. The van der Waals surface area contributed by atoms with Crippen LogP contribution in [0.2, 0.25) is 0 Å². The Morgan fingerprint density at radius 1 is 0.894 bits per heavy atom. The molecule has 0 aromatic heterocycles. The molecule has 0 bridgehead atoms. The van der Waals surface area contributed by atoms with E-state index in [4.69, 9.17) is 24.5 Å². The molecule has 1 aliphatic heterocycles. The van der Waals surface area contributed by atoms with Crippen molar-refractivity contribution in [3.8, 4) is 0 Å². The van der Waals surface area contributed by atoms with E-state index in [1.807, 2.05) is 53.7 Å². The lowest BCUT2D eigenvalue weighted by atomic mass is 10.1. The number of hydrogen-bond acceptors (Lipinski definition) is 11. The molecule has 1 atom stereocenters. The van der Waals surface area contributed by atoms with Crippen LogP contribution in [0.15, 0.2) is 29.3 Å². The van der Waals surface area contributed by atoms with Crippen LogP contribution in [-0.2, 0) is 28.7 Å². The van der Waals surface area contributed by atoms with Crippen molar-refractivity contribution in [3.63, 3.8) is 0 Å². The Morgan fingerprint density at radius 3 is 1.70 bits per heavy atom. The Hall–Kier alpha value is -2.77. The highest BCUT2D eigenvalue weighted by molar-refractivity contribution is 6.41. The highest BCUT2D eigenvalue weighted by Gasteiger charge is 2.24. The molecule has 0 aromatic rings. The molecule has 0 aromatic carbocycles. The number of methoxy groups -OCH3 is 1. The number of rotatable bonds is 11. The fourth-order valence-corrected chi connectivity index (χ4v) is 3.86. The van der Waals surface area contributed by atoms with Crippen LogP contribution < -0.4 is 0 Å². The van der Waals surface area contributed by atoms with E-state index in [9.17, 15) is 14.4 Å². The molecule has 0 amide bonds. The number of aliphatic hydroxyl groups is 1. The second-order valence-corrected chi connectivity index (χ2v) is 13.1. The molecular weight excluding hydrogens is 604 g/mol. The Morgan fingerprint density at radius 2 is 1.34 bits per heavy atom. The normalized spacial score (nSPS) is 16.3. The number of esters is 1. The van der Waals surface area contributed by atoms with E-state index in [1.165, 1.54) is 0 Å². The summed E-state index contributed by atoms with van der Waals surface area (Å²) in [6, 6.07) is -0.0684. The number of carbonyl (C=O) groups is 4. The van der Waals surface area contributed by atoms with Gasteiger partial charge in [-0.25, -0.2) is 4.79 Å². The lowest BCUT2D eigenvalue weighted by molar-refractivity contribution is -0.146. The molecule has 0 spiro atoms. The first-order chi connectivity index (χ1) is 21.8. The summed E-state index contributed by atoms with van der Waals surface area (Å²) in [4.78, 5) is 54.7. The molecule has 1 heterocycles. The number of aliphatic imine (C=N–C) groups is 1. The SMILES string of the molecule is CC(C)O.CCCC(C(C)=O)N1CCN(CC=O)CCN(C/C=C/C=C\C(=NC)C(=O)OC(C)(C)C)CC1.COC(C)(C)C.O=CO. The van der Waals surface area contributed by atoms with Gasteiger partial charge in [-0.05, 0) is 74.8 Å². The number of nitrogens with zero attached hydrogens (tertiary/aromatic N) is 4. The zero-order chi connectivity index (χ0) is 37.1. The van der Waals surface area contributed by atoms with Crippen molar-refractivity contribution in [1.82, 2.24) is 14.7 Å². The molecule has 1 rings (SSSR count). The van der Waals surface area contributed by atoms with Crippen LogP contribution in [0.25, 0.3) is 0 Å². The van der Waals surface area contributed by atoms with Gasteiger partial charge in [0.25, 0.3) is 6.47 Å². The minimum absolute atomic E-state index is 0.0417. The van der Waals surface area contributed by atoms with Gasteiger partial charge in [-0.1, -0.05) is 31.6 Å². The predicted molar refractivity (Wildman–Crippen MR) is 190 cm³/mol. The van der Waals surface area contributed by atoms with E-state index in [-0.39, 0.29) is 35.7 Å². The molecule has 12 heteroatoms. The number of allylic oxidation sites excluding steroid dienone is 2. The van der Waals surface area contributed by atoms with Crippen molar-refractivity contribution in [2.45, 2.75) is 105 Å². The number of carboxylic acid groups (broad SMARTS) is 1. The number of hydrogen-bond donors (Lipinski definition) is 2. The summed E-state index contributed by atoms with van der Waals surface area (Å²) in [5.74, 6) is -0.236. The fourth-order valence-electron chi connectivity index (χ4n) is 3.86. The number of ether oxygens (including phenoxy) is 2. The van der Waals surface area contributed by atoms with Crippen molar-refractivity contribution in [2.75, 3.05) is 66.5 Å². The second kappa shape index (κ2) is 28.3. The van der Waals surface area contributed by atoms with Crippen LogP contribution in [0.3, 0.4) is 0 Å².